The fourth-order valence-electron chi connectivity index (χ4n) is 3.87. The molecule has 2 heterocycles. The highest BCUT2D eigenvalue weighted by molar-refractivity contribution is 5.80. The molecule has 4 rings (SSSR count). The maximum Gasteiger partial charge on any atom is 0.191 e. The van der Waals surface area contributed by atoms with Gasteiger partial charge in [0.2, 0.25) is 0 Å². The van der Waals surface area contributed by atoms with E-state index in [2.05, 4.69) is 39.6 Å². The van der Waals surface area contributed by atoms with Crippen LogP contribution in [-0.2, 0) is 18.4 Å². The van der Waals surface area contributed by atoms with Gasteiger partial charge in [0.1, 0.15) is 11.6 Å². The zero-order chi connectivity index (χ0) is 19.7. The predicted octanol–water partition coefficient (Wildman–Crippen LogP) is 2.75. The second-order valence-electron chi connectivity index (χ2n) is 8.32. The lowest BCUT2D eigenvalue weighted by Crippen LogP contribution is -2.48. The van der Waals surface area contributed by atoms with Gasteiger partial charge in [0.05, 0.1) is 6.54 Å². The maximum atomic E-state index is 13.6. The number of aliphatic imine (C=N–C) groups is 1. The molecule has 1 unspecified atom stereocenters. The van der Waals surface area contributed by atoms with E-state index in [1.165, 1.54) is 6.07 Å². The van der Waals surface area contributed by atoms with Crippen LogP contribution in [0.5, 0.6) is 0 Å². The lowest BCUT2D eigenvalue weighted by atomic mass is 9.96. The van der Waals surface area contributed by atoms with Crippen molar-refractivity contribution in [3.63, 3.8) is 0 Å². The van der Waals surface area contributed by atoms with Gasteiger partial charge in [-0.1, -0.05) is 26.0 Å². The van der Waals surface area contributed by atoms with Crippen LogP contribution in [-0.4, -0.2) is 40.4 Å². The molecule has 150 valence electrons. The van der Waals surface area contributed by atoms with Crippen molar-refractivity contribution in [2.24, 2.45) is 4.99 Å². The summed E-state index contributed by atoms with van der Waals surface area (Å²) in [6, 6.07) is 7.24. The number of fused-ring (bicyclic) bond motifs is 1. The zero-order valence-corrected chi connectivity index (χ0v) is 16.9. The molecule has 1 aromatic carbocycles. The average molecular weight is 385 g/mol. The molecule has 28 heavy (non-hydrogen) atoms. The van der Waals surface area contributed by atoms with Crippen LogP contribution in [0.1, 0.15) is 56.2 Å². The Morgan fingerprint density at radius 3 is 2.89 bits per heavy atom. The number of nitrogens with one attached hydrogen (secondary N) is 2. The Kier molecular flexibility index (Phi) is 5.08. The molecule has 1 saturated carbocycles. The summed E-state index contributed by atoms with van der Waals surface area (Å²) in [5, 5.41) is 11.6. The van der Waals surface area contributed by atoms with Gasteiger partial charge in [-0.2, -0.15) is 5.10 Å². The minimum absolute atomic E-state index is 0.0253. The van der Waals surface area contributed by atoms with Crippen LogP contribution in [0.2, 0.25) is 0 Å². The standard InChI is InChI=1S/C21H29FN6/c1-14(2)19-26-18-8-7-17(12-28(18)27-19)25-20(23-3)24-13-21(9-10-21)15-5-4-6-16(22)11-15/h4-6,11,14,17H,7-10,12-13H2,1-3H3,(H2,23,24,25). The number of guanidine groups is 1. The molecule has 2 N–H and O–H groups in total. The van der Waals surface area contributed by atoms with Crippen molar-refractivity contribution in [1.82, 2.24) is 25.4 Å². The molecule has 1 fully saturated rings. The number of rotatable bonds is 5. The minimum atomic E-state index is -0.169. The predicted molar refractivity (Wildman–Crippen MR) is 108 cm³/mol. The van der Waals surface area contributed by atoms with E-state index in [4.69, 9.17) is 0 Å². The van der Waals surface area contributed by atoms with Crippen molar-refractivity contribution in [2.75, 3.05) is 13.6 Å². The summed E-state index contributed by atoms with van der Waals surface area (Å²) in [5.41, 5.74) is 1.10. The Morgan fingerprint density at radius 2 is 2.21 bits per heavy atom. The average Bonchev–Trinajstić information content (AvgIpc) is 3.35. The lowest BCUT2D eigenvalue weighted by molar-refractivity contribution is 0.391. The normalized spacial score (nSPS) is 20.8. The number of nitrogens with zero attached hydrogens (tertiary/aromatic N) is 4. The van der Waals surface area contributed by atoms with Crippen LogP contribution in [0.15, 0.2) is 29.3 Å². The van der Waals surface area contributed by atoms with Crippen molar-refractivity contribution in [1.29, 1.82) is 0 Å². The molecule has 1 aromatic heterocycles. The van der Waals surface area contributed by atoms with Crippen molar-refractivity contribution >= 4 is 5.96 Å². The van der Waals surface area contributed by atoms with Gasteiger partial charge in [-0.25, -0.2) is 14.1 Å². The molecule has 2 aromatic rings. The maximum absolute atomic E-state index is 13.6. The molecular formula is C21H29FN6. The van der Waals surface area contributed by atoms with E-state index in [0.717, 1.165) is 61.9 Å². The summed E-state index contributed by atoms with van der Waals surface area (Å²) < 4.78 is 15.6. The van der Waals surface area contributed by atoms with Crippen LogP contribution < -0.4 is 10.6 Å². The molecule has 0 bridgehead atoms. The SMILES string of the molecule is CN=C(NCC1(c2cccc(F)c2)CC1)NC1CCc2nc(C(C)C)nn2C1. The van der Waals surface area contributed by atoms with E-state index in [-0.39, 0.29) is 17.3 Å². The molecule has 0 saturated heterocycles. The highest BCUT2D eigenvalue weighted by atomic mass is 19.1. The Morgan fingerprint density at radius 1 is 1.39 bits per heavy atom. The molecule has 1 aliphatic carbocycles. The van der Waals surface area contributed by atoms with E-state index in [9.17, 15) is 4.39 Å². The van der Waals surface area contributed by atoms with Gasteiger partial charge in [-0.15, -0.1) is 0 Å². The second kappa shape index (κ2) is 7.53. The lowest BCUT2D eigenvalue weighted by Gasteiger charge is -2.26. The first-order valence-corrected chi connectivity index (χ1v) is 10.2. The molecule has 1 atom stereocenters. The van der Waals surface area contributed by atoms with Crippen molar-refractivity contribution < 1.29 is 4.39 Å². The second-order valence-corrected chi connectivity index (χ2v) is 8.32. The molecule has 7 heteroatoms. The molecule has 0 amide bonds. The molecule has 1 aliphatic heterocycles. The number of hydrogen-bond donors (Lipinski definition) is 2. The highest BCUT2D eigenvalue weighted by Crippen LogP contribution is 2.47. The quantitative estimate of drug-likeness (QED) is 0.614. The van der Waals surface area contributed by atoms with Gasteiger partial charge < -0.3 is 10.6 Å². The molecule has 6 nitrogen and oxygen atoms in total. The van der Waals surface area contributed by atoms with Gasteiger partial charge in [-0.3, -0.25) is 4.99 Å². The third kappa shape index (κ3) is 3.88. The smallest absolute Gasteiger partial charge is 0.191 e. The van der Waals surface area contributed by atoms with Gasteiger partial charge in [0, 0.05) is 37.4 Å². The first-order chi connectivity index (χ1) is 13.5. The van der Waals surface area contributed by atoms with Crippen LogP contribution in [0.3, 0.4) is 0 Å². The third-order valence-electron chi connectivity index (χ3n) is 5.84. The number of benzene rings is 1. The fraction of sp³-hybridized carbons (Fsp3) is 0.571. The number of aryl methyl sites for hydroxylation is 1. The summed E-state index contributed by atoms with van der Waals surface area (Å²) >= 11 is 0. The zero-order valence-electron chi connectivity index (χ0n) is 16.9. The largest absolute Gasteiger partial charge is 0.356 e. The fourth-order valence-corrected chi connectivity index (χ4v) is 3.87. The van der Waals surface area contributed by atoms with E-state index < -0.39 is 0 Å². The molecule has 0 spiro atoms. The van der Waals surface area contributed by atoms with Gasteiger partial charge >= 0.3 is 0 Å². The van der Waals surface area contributed by atoms with Crippen molar-refractivity contribution in [2.45, 2.75) is 63.5 Å². The van der Waals surface area contributed by atoms with E-state index >= 15 is 0 Å². The first-order valence-electron chi connectivity index (χ1n) is 10.2. The monoisotopic (exact) mass is 384 g/mol. The summed E-state index contributed by atoms with van der Waals surface area (Å²) in [5.74, 6) is 2.96. The summed E-state index contributed by atoms with van der Waals surface area (Å²) in [4.78, 5) is 9.04. The highest BCUT2D eigenvalue weighted by Gasteiger charge is 2.44. The Labute approximate surface area is 165 Å². The Hall–Kier alpha value is -2.44. The van der Waals surface area contributed by atoms with Gasteiger partial charge in [0.15, 0.2) is 11.8 Å². The molecular weight excluding hydrogens is 355 g/mol. The van der Waals surface area contributed by atoms with Crippen LogP contribution >= 0.6 is 0 Å². The van der Waals surface area contributed by atoms with Crippen molar-refractivity contribution in [3.8, 4) is 0 Å². The summed E-state index contributed by atoms with van der Waals surface area (Å²) in [6.45, 7) is 5.80. The molecule has 2 aliphatic rings. The van der Waals surface area contributed by atoms with Crippen LogP contribution in [0, 0.1) is 5.82 Å². The summed E-state index contributed by atoms with van der Waals surface area (Å²) in [7, 11) is 1.79. The third-order valence-corrected chi connectivity index (χ3v) is 5.84. The Balaban J connectivity index is 1.35. The summed E-state index contributed by atoms with van der Waals surface area (Å²) in [6.07, 6.45) is 4.07. The van der Waals surface area contributed by atoms with E-state index in [0.29, 0.717) is 5.92 Å². The molecule has 0 radical (unpaired) electrons. The minimum Gasteiger partial charge on any atom is -0.356 e. The van der Waals surface area contributed by atoms with E-state index in [1.54, 1.807) is 19.2 Å². The van der Waals surface area contributed by atoms with Crippen LogP contribution in [0.4, 0.5) is 4.39 Å². The Bertz CT molecular complexity index is 868. The van der Waals surface area contributed by atoms with Gasteiger partial charge in [-0.05, 0) is 37.0 Å². The number of aromatic nitrogens is 3. The van der Waals surface area contributed by atoms with E-state index in [1.807, 2.05) is 10.7 Å². The first kappa shape index (κ1) is 18.9. The van der Waals surface area contributed by atoms with Crippen molar-refractivity contribution in [3.05, 3.63) is 47.3 Å². The topological polar surface area (TPSA) is 67.1 Å². The van der Waals surface area contributed by atoms with Crippen LogP contribution in [0.25, 0.3) is 0 Å². The number of hydrogen-bond acceptors (Lipinski definition) is 3. The number of halogens is 1. The van der Waals surface area contributed by atoms with Gasteiger partial charge in [0.25, 0.3) is 0 Å².